The third-order valence-corrected chi connectivity index (χ3v) is 2.74. The Morgan fingerprint density at radius 1 is 1.27 bits per heavy atom. The molecule has 1 saturated heterocycles. The number of cyclic esters (lactones) is 2. The molecule has 1 fully saturated rings. The second-order valence-corrected chi connectivity index (χ2v) is 4.10. The van der Waals surface area contributed by atoms with Crippen molar-refractivity contribution in [3.8, 4) is 0 Å². The van der Waals surface area contributed by atoms with Gasteiger partial charge in [0.05, 0.1) is 13.1 Å². The number of esters is 2. The molecule has 0 aromatic heterocycles. The fourth-order valence-corrected chi connectivity index (χ4v) is 1.76. The van der Waals surface area contributed by atoms with Gasteiger partial charge in [-0.3, -0.25) is 14.5 Å². The topological polar surface area (TPSA) is 46.6 Å². The molecule has 0 aromatic rings. The summed E-state index contributed by atoms with van der Waals surface area (Å²) in [5, 5.41) is 0. The van der Waals surface area contributed by atoms with Gasteiger partial charge in [-0.1, -0.05) is 26.2 Å². The van der Waals surface area contributed by atoms with Crippen LogP contribution in [0.25, 0.3) is 0 Å². The van der Waals surface area contributed by atoms with E-state index in [0.717, 1.165) is 12.8 Å². The summed E-state index contributed by atoms with van der Waals surface area (Å²) in [4.78, 5) is 24.0. The van der Waals surface area contributed by atoms with Crippen LogP contribution in [0.4, 0.5) is 0 Å². The molecule has 0 spiro atoms. The summed E-state index contributed by atoms with van der Waals surface area (Å²) >= 11 is 0. The van der Waals surface area contributed by atoms with Crippen LogP contribution in [0.5, 0.6) is 0 Å². The molecule has 86 valence electrons. The quantitative estimate of drug-likeness (QED) is 0.393. The zero-order valence-corrected chi connectivity index (χ0v) is 9.49. The molecule has 0 aliphatic carbocycles. The SMILES string of the molecule is CCCCCC(C)N1CC(=O)OC(=O)C1. The van der Waals surface area contributed by atoms with Gasteiger partial charge in [-0.25, -0.2) is 0 Å². The smallest absolute Gasteiger partial charge is 0.327 e. The van der Waals surface area contributed by atoms with Crippen molar-refractivity contribution in [1.29, 1.82) is 0 Å². The normalized spacial score (nSPS) is 20.1. The van der Waals surface area contributed by atoms with Crippen molar-refractivity contribution < 1.29 is 14.3 Å². The summed E-state index contributed by atoms with van der Waals surface area (Å²) in [6.07, 6.45) is 4.58. The Hall–Kier alpha value is -0.900. The molecule has 4 heteroatoms. The van der Waals surface area contributed by atoms with E-state index in [0.29, 0.717) is 0 Å². The lowest BCUT2D eigenvalue weighted by atomic mass is 10.1. The maximum absolute atomic E-state index is 11.0. The summed E-state index contributed by atoms with van der Waals surface area (Å²) in [7, 11) is 0. The van der Waals surface area contributed by atoms with E-state index >= 15 is 0 Å². The van der Waals surface area contributed by atoms with E-state index in [1.54, 1.807) is 0 Å². The number of morpholine rings is 1. The van der Waals surface area contributed by atoms with Gasteiger partial charge in [0.2, 0.25) is 0 Å². The van der Waals surface area contributed by atoms with Crippen LogP contribution in [0.3, 0.4) is 0 Å². The van der Waals surface area contributed by atoms with Gasteiger partial charge in [0.1, 0.15) is 0 Å². The van der Waals surface area contributed by atoms with Gasteiger partial charge in [0.25, 0.3) is 0 Å². The highest BCUT2D eigenvalue weighted by Gasteiger charge is 2.27. The standard InChI is InChI=1S/C11H19NO3/c1-3-4-5-6-9(2)12-7-10(13)15-11(14)8-12/h9H,3-8H2,1-2H3. The average Bonchev–Trinajstić information content (AvgIpc) is 2.16. The predicted molar refractivity (Wildman–Crippen MR) is 56.3 cm³/mol. The van der Waals surface area contributed by atoms with Crippen molar-refractivity contribution in [2.24, 2.45) is 0 Å². The van der Waals surface area contributed by atoms with Gasteiger partial charge in [-0.15, -0.1) is 0 Å². The molecule has 0 amide bonds. The molecule has 4 nitrogen and oxygen atoms in total. The molecule has 0 saturated carbocycles. The van der Waals surface area contributed by atoms with Crippen molar-refractivity contribution in [3.05, 3.63) is 0 Å². The molecule has 15 heavy (non-hydrogen) atoms. The van der Waals surface area contributed by atoms with Crippen molar-refractivity contribution in [1.82, 2.24) is 4.90 Å². The number of hydrogen-bond acceptors (Lipinski definition) is 4. The van der Waals surface area contributed by atoms with Crippen LogP contribution in [0.2, 0.25) is 0 Å². The lowest BCUT2D eigenvalue weighted by Gasteiger charge is -2.29. The summed E-state index contributed by atoms with van der Waals surface area (Å²) in [6, 6.07) is 0.286. The number of carbonyl (C=O) groups excluding carboxylic acids is 2. The molecule has 1 atom stereocenters. The lowest BCUT2D eigenvalue weighted by Crippen LogP contribution is -2.47. The van der Waals surface area contributed by atoms with Crippen LogP contribution in [-0.2, 0) is 14.3 Å². The molecule has 0 N–H and O–H groups in total. The van der Waals surface area contributed by atoms with Crippen LogP contribution < -0.4 is 0 Å². The maximum atomic E-state index is 11.0. The van der Waals surface area contributed by atoms with E-state index in [-0.39, 0.29) is 19.1 Å². The Kier molecular flexibility index (Phi) is 4.75. The summed E-state index contributed by atoms with van der Waals surface area (Å²) in [5.41, 5.74) is 0. The minimum atomic E-state index is -0.423. The van der Waals surface area contributed by atoms with Crippen molar-refractivity contribution in [2.75, 3.05) is 13.1 Å². The number of unbranched alkanes of at least 4 members (excludes halogenated alkanes) is 2. The van der Waals surface area contributed by atoms with Gasteiger partial charge < -0.3 is 4.74 Å². The van der Waals surface area contributed by atoms with E-state index in [9.17, 15) is 9.59 Å². The summed E-state index contributed by atoms with van der Waals surface area (Å²) < 4.78 is 4.47. The number of nitrogens with zero attached hydrogens (tertiary/aromatic N) is 1. The summed E-state index contributed by atoms with van der Waals surface area (Å²) in [6.45, 7) is 4.71. The van der Waals surface area contributed by atoms with E-state index in [1.165, 1.54) is 12.8 Å². The summed E-state index contributed by atoms with van der Waals surface area (Å²) in [5.74, 6) is -0.845. The van der Waals surface area contributed by atoms with Crippen LogP contribution >= 0.6 is 0 Å². The van der Waals surface area contributed by atoms with Crippen LogP contribution in [0, 0.1) is 0 Å². The zero-order valence-electron chi connectivity index (χ0n) is 9.49. The highest BCUT2D eigenvalue weighted by Crippen LogP contribution is 2.12. The first-order chi connectivity index (χ1) is 7.13. The van der Waals surface area contributed by atoms with Gasteiger partial charge >= 0.3 is 11.9 Å². The third kappa shape index (κ3) is 4.00. The molecular formula is C11H19NO3. The molecule has 0 bridgehead atoms. The fourth-order valence-electron chi connectivity index (χ4n) is 1.76. The fraction of sp³-hybridized carbons (Fsp3) is 0.818. The van der Waals surface area contributed by atoms with E-state index in [2.05, 4.69) is 18.6 Å². The lowest BCUT2D eigenvalue weighted by molar-refractivity contribution is -0.167. The van der Waals surface area contributed by atoms with Crippen molar-refractivity contribution in [2.45, 2.75) is 45.6 Å². The molecular weight excluding hydrogens is 194 g/mol. The van der Waals surface area contributed by atoms with Crippen LogP contribution in [0.15, 0.2) is 0 Å². The maximum Gasteiger partial charge on any atom is 0.327 e. The van der Waals surface area contributed by atoms with Crippen LogP contribution in [-0.4, -0.2) is 36.0 Å². The molecule has 1 rings (SSSR count). The van der Waals surface area contributed by atoms with Gasteiger partial charge in [0.15, 0.2) is 0 Å². The molecule has 1 aliphatic heterocycles. The Labute approximate surface area is 90.6 Å². The number of carbonyl (C=O) groups is 2. The Bertz CT molecular complexity index is 224. The Balaban J connectivity index is 2.34. The highest BCUT2D eigenvalue weighted by atomic mass is 16.6. The van der Waals surface area contributed by atoms with E-state index < -0.39 is 11.9 Å². The molecule has 1 aliphatic rings. The number of rotatable bonds is 5. The zero-order chi connectivity index (χ0) is 11.3. The Morgan fingerprint density at radius 2 is 1.87 bits per heavy atom. The average molecular weight is 213 g/mol. The molecule has 0 radical (unpaired) electrons. The van der Waals surface area contributed by atoms with Crippen molar-refractivity contribution >= 4 is 11.9 Å². The second-order valence-electron chi connectivity index (χ2n) is 4.10. The van der Waals surface area contributed by atoms with E-state index in [4.69, 9.17) is 0 Å². The highest BCUT2D eigenvalue weighted by molar-refractivity contribution is 5.90. The number of hydrogen-bond donors (Lipinski definition) is 0. The Morgan fingerprint density at radius 3 is 2.40 bits per heavy atom. The van der Waals surface area contributed by atoms with Crippen LogP contribution in [0.1, 0.15) is 39.5 Å². The third-order valence-electron chi connectivity index (χ3n) is 2.74. The second kappa shape index (κ2) is 5.85. The van der Waals surface area contributed by atoms with Gasteiger partial charge in [-0.05, 0) is 13.3 Å². The van der Waals surface area contributed by atoms with Gasteiger partial charge in [0, 0.05) is 6.04 Å². The minimum Gasteiger partial charge on any atom is -0.391 e. The number of ether oxygens (including phenoxy) is 1. The van der Waals surface area contributed by atoms with Gasteiger partial charge in [-0.2, -0.15) is 0 Å². The predicted octanol–water partition coefficient (Wildman–Crippen LogP) is 1.34. The largest absolute Gasteiger partial charge is 0.391 e. The first-order valence-corrected chi connectivity index (χ1v) is 5.61. The first kappa shape index (κ1) is 12.2. The molecule has 1 unspecified atom stereocenters. The minimum absolute atomic E-state index is 0.249. The molecule has 1 heterocycles. The van der Waals surface area contributed by atoms with E-state index in [1.807, 2.05) is 4.90 Å². The first-order valence-electron chi connectivity index (χ1n) is 5.61. The molecule has 0 aromatic carbocycles. The monoisotopic (exact) mass is 213 g/mol. The van der Waals surface area contributed by atoms with Crippen molar-refractivity contribution in [3.63, 3.8) is 0 Å².